The smallest absolute Gasteiger partial charge is 0.335 e. The van der Waals surface area contributed by atoms with Gasteiger partial charge in [0.15, 0.2) is 0 Å². The number of hydrogen-bond acceptors (Lipinski definition) is 2. The van der Waals surface area contributed by atoms with Crippen LogP contribution in [0.4, 0.5) is 10.5 Å². The molecule has 1 aliphatic rings. The first-order chi connectivity index (χ1) is 9.60. The number of nitrogens with one attached hydrogen (secondary N) is 1. The fourth-order valence-corrected chi connectivity index (χ4v) is 2.44. The molecule has 20 heavy (non-hydrogen) atoms. The van der Waals surface area contributed by atoms with Crippen molar-refractivity contribution in [1.82, 2.24) is 4.90 Å². The van der Waals surface area contributed by atoms with Gasteiger partial charge in [0, 0.05) is 18.8 Å². The molecule has 1 heterocycles. The summed E-state index contributed by atoms with van der Waals surface area (Å²) in [6.07, 6.45) is 3.29. The molecule has 5 heteroatoms. The average Bonchev–Trinajstić information content (AvgIpc) is 2.48. The van der Waals surface area contributed by atoms with Crippen molar-refractivity contribution in [3.63, 3.8) is 0 Å². The number of likely N-dealkylation sites (tertiary alicyclic amines) is 1. The summed E-state index contributed by atoms with van der Waals surface area (Å²) < 4.78 is 0. The van der Waals surface area contributed by atoms with Crippen molar-refractivity contribution < 1.29 is 14.7 Å². The monoisotopic (exact) mass is 276 g/mol. The average molecular weight is 276 g/mol. The van der Waals surface area contributed by atoms with Crippen molar-refractivity contribution in [2.75, 3.05) is 18.4 Å². The van der Waals surface area contributed by atoms with E-state index in [-0.39, 0.29) is 11.6 Å². The number of carbonyl (C=O) groups excluding carboxylic acids is 1. The van der Waals surface area contributed by atoms with Crippen LogP contribution in [0.1, 0.15) is 36.5 Å². The third kappa shape index (κ3) is 3.50. The van der Waals surface area contributed by atoms with Crippen molar-refractivity contribution in [1.29, 1.82) is 0 Å². The highest BCUT2D eigenvalue weighted by molar-refractivity contribution is 5.91. The Labute approximate surface area is 118 Å². The summed E-state index contributed by atoms with van der Waals surface area (Å²) in [7, 11) is 0. The van der Waals surface area contributed by atoms with Crippen LogP contribution in [0.5, 0.6) is 0 Å². The van der Waals surface area contributed by atoms with E-state index in [1.54, 1.807) is 12.1 Å². The van der Waals surface area contributed by atoms with Crippen LogP contribution in [0.25, 0.3) is 0 Å². The third-order valence-corrected chi connectivity index (χ3v) is 3.86. The van der Waals surface area contributed by atoms with Gasteiger partial charge in [0.1, 0.15) is 0 Å². The number of anilines is 1. The molecular formula is C15H20N2O3. The minimum absolute atomic E-state index is 0.109. The molecule has 1 aromatic rings. The van der Waals surface area contributed by atoms with Crippen molar-refractivity contribution >= 4 is 17.7 Å². The highest BCUT2D eigenvalue weighted by Gasteiger charge is 2.21. The van der Waals surface area contributed by atoms with Crippen LogP contribution in [0.15, 0.2) is 24.3 Å². The van der Waals surface area contributed by atoms with Crippen molar-refractivity contribution in [2.45, 2.75) is 26.2 Å². The Bertz CT molecular complexity index is 476. The summed E-state index contributed by atoms with van der Waals surface area (Å²) in [6, 6.07) is 6.09. The highest BCUT2D eigenvalue weighted by Crippen LogP contribution is 2.20. The zero-order valence-corrected chi connectivity index (χ0v) is 11.6. The Morgan fingerprint density at radius 1 is 1.25 bits per heavy atom. The minimum atomic E-state index is -0.968. The molecule has 0 aliphatic carbocycles. The standard InChI is InChI=1S/C15H20N2O3/c1-2-11-7-9-17(10-8-11)15(20)16-13-5-3-12(4-6-13)14(18)19/h3-6,11H,2,7-10H2,1H3,(H,16,20)(H,18,19). The molecule has 1 aliphatic heterocycles. The number of urea groups is 1. The topological polar surface area (TPSA) is 69.6 Å². The number of hydrogen-bond donors (Lipinski definition) is 2. The van der Waals surface area contributed by atoms with E-state index in [2.05, 4.69) is 12.2 Å². The molecule has 0 atom stereocenters. The van der Waals surface area contributed by atoms with Crippen LogP contribution in [0, 0.1) is 5.92 Å². The highest BCUT2D eigenvalue weighted by atomic mass is 16.4. The molecule has 1 aromatic carbocycles. The van der Waals surface area contributed by atoms with Gasteiger partial charge in [-0.2, -0.15) is 0 Å². The van der Waals surface area contributed by atoms with Gasteiger partial charge in [0.2, 0.25) is 0 Å². The summed E-state index contributed by atoms with van der Waals surface area (Å²) in [4.78, 5) is 24.6. The van der Waals surface area contributed by atoms with Crippen LogP contribution in [-0.2, 0) is 0 Å². The van der Waals surface area contributed by atoms with Crippen LogP contribution < -0.4 is 5.32 Å². The Morgan fingerprint density at radius 3 is 2.35 bits per heavy atom. The van der Waals surface area contributed by atoms with E-state index in [9.17, 15) is 9.59 Å². The first-order valence-electron chi connectivity index (χ1n) is 6.99. The number of carbonyl (C=O) groups is 2. The van der Waals surface area contributed by atoms with Gasteiger partial charge in [-0.1, -0.05) is 13.3 Å². The van der Waals surface area contributed by atoms with E-state index in [0.717, 1.165) is 31.8 Å². The van der Waals surface area contributed by atoms with E-state index < -0.39 is 5.97 Å². The van der Waals surface area contributed by atoms with E-state index in [4.69, 9.17) is 5.11 Å². The Kier molecular flexibility index (Phi) is 4.61. The van der Waals surface area contributed by atoms with Gasteiger partial charge < -0.3 is 15.3 Å². The zero-order valence-electron chi connectivity index (χ0n) is 11.6. The fourth-order valence-electron chi connectivity index (χ4n) is 2.44. The Balaban J connectivity index is 1.90. The van der Waals surface area contributed by atoms with E-state index in [1.165, 1.54) is 18.6 Å². The number of benzene rings is 1. The maximum Gasteiger partial charge on any atom is 0.335 e. The second kappa shape index (κ2) is 6.41. The largest absolute Gasteiger partial charge is 0.478 e. The molecule has 0 aromatic heterocycles. The predicted octanol–water partition coefficient (Wildman–Crippen LogP) is 3.04. The Morgan fingerprint density at radius 2 is 1.85 bits per heavy atom. The van der Waals surface area contributed by atoms with Gasteiger partial charge in [-0.15, -0.1) is 0 Å². The summed E-state index contributed by atoms with van der Waals surface area (Å²) in [6.45, 7) is 3.76. The van der Waals surface area contributed by atoms with Gasteiger partial charge >= 0.3 is 12.0 Å². The lowest BCUT2D eigenvalue weighted by molar-refractivity contribution is 0.0697. The summed E-state index contributed by atoms with van der Waals surface area (Å²) >= 11 is 0. The molecule has 1 fully saturated rings. The molecule has 0 bridgehead atoms. The second-order valence-corrected chi connectivity index (χ2v) is 5.15. The number of amides is 2. The fraction of sp³-hybridized carbons (Fsp3) is 0.467. The molecule has 0 unspecified atom stereocenters. The molecule has 2 rings (SSSR count). The van der Waals surface area contributed by atoms with Crippen molar-refractivity contribution in [2.24, 2.45) is 5.92 Å². The second-order valence-electron chi connectivity index (χ2n) is 5.15. The van der Waals surface area contributed by atoms with Crippen LogP contribution in [0.3, 0.4) is 0 Å². The SMILES string of the molecule is CCC1CCN(C(=O)Nc2ccc(C(=O)O)cc2)CC1. The maximum absolute atomic E-state index is 12.1. The third-order valence-electron chi connectivity index (χ3n) is 3.86. The van der Waals surface area contributed by atoms with E-state index >= 15 is 0 Å². The van der Waals surface area contributed by atoms with Gasteiger partial charge in [0.05, 0.1) is 5.56 Å². The lowest BCUT2D eigenvalue weighted by Gasteiger charge is -2.31. The van der Waals surface area contributed by atoms with E-state index in [1.807, 2.05) is 4.90 Å². The number of aromatic carboxylic acids is 1. The van der Waals surface area contributed by atoms with Gasteiger partial charge in [-0.3, -0.25) is 0 Å². The van der Waals surface area contributed by atoms with Gasteiger partial charge in [-0.05, 0) is 43.0 Å². The lowest BCUT2D eigenvalue weighted by atomic mass is 9.95. The zero-order chi connectivity index (χ0) is 14.5. The molecule has 1 saturated heterocycles. The van der Waals surface area contributed by atoms with Gasteiger partial charge in [-0.25, -0.2) is 9.59 Å². The number of rotatable bonds is 3. The molecule has 0 radical (unpaired) electrons. The number of carboxylic acid groups (broad SMARTS) is 1. The van der Waals surface area contributed by atoms with Crippen molar-refractivity contribution in [3.05, 3.63) is 29.8 Å². The number of carboxylic acids is 1. The normalized spacial score (nSPS) is 15.9. The van der Waals surface area contributed by atoms with Crippen molar-refractivity contribution in [3.8, 4) is 0 Å². The summed E-state index contributed by atoms with van der Waals surface area (Å²) in [5.74, 6) is -0.238. The number of nitrogens with zero attached hydrogens (tertiary/aromatic N) is 1. The summed E-state index contributed by atoms with van der Waals surface area (Å²) in [5, 5.41) is 11.6. The molecule has 2 amide bonds. The first-order valence-corrected chi connectivity index (χ1v) is 6.99. The minimum Gasteiger partial charge on any atom is -0.478 e. The summed E-state index contributed by atoms with van der Waals surface area (Å²) in [5.41, 5.74) is 0.837. The molecule has 5 nitrogen and oxygen atoms in total. The Hall–Kier alpha value is -2.04. The lowest BCUT2D eigenvalue weighted by Crippen LogP contribution is -2.40. The molecule has 2 N–H and O–H groups in total. The predicted molar refractivity (Wildman–Crippen MR) is 77.0 cm³/mol. The first kappa shape index (κ1) is 14.4. The number of piperidine rings is 1. The van der Waals surface area contributed by atoms with Crippen LogP contribution >= 0.6 is 0 Å². The molecular weight excluding hydrogens is 256 g/mol. The molecule has 0 spiro atoms. The van der Waals surface area contributed by atoms with Crippen LogP contribution in [0.2, 0.25) is 0 Å². The molecule has 0 saturated carbocycles. The van der Waals surface area contributed by atoms with Gasteiger partial charge in [0.25, 0.3) is 0 Å². The van der Waals surface area contributed by atoms with E-state index in [0.29, 0.717) is 5.69 Å². The quantitative estimate of drug-likeness (QED) is 0.891. The maximum atomic E-state index is 12.1. The van der Waals surface area contributed by atoms with Crippen LogP contribution in [-0.4, -0.2) is 35.1 Å². The molecule has 108 valence electrons.